The molecule has 8 heteroatoms. The van der Waals surface area contributed by atoms with Gasteiger partial charge in [0.05, 0.1) is 18.9 Å². The lowest BCUT2D eigenvalue weighted by Crippen LogP contribution is -2.34. The molecule has 0 aromatic carbocycles. The molecule has 1 unspecified atom stereocenters. The minimum atomic E-state index is -3.11. The Labute approximate surface area is 120 Å². The molecule has 1 aromatic heterocycles. The molecule has 7 nitrogen and oxygen atoms in total. The quantitative estimate of drug-likeness (QED) is 0.569. The molecule has 0 aliphatic rings. The van der Waals surface area contributed by atoms with Gasteiger partial charge in [-0.15, -0.1) is 0 Å². The van der Waals surface area contributed by atoms with Crippen LogP contribution in [0.15, 0.2) is 18.5 Å². The molecule has 0 fully saturated rings. The number of rotatable bonds is 10. The normalized spacial score (nSPS) is 13.8. The zero-order chi connectivity index (χ0) is 15.0. The third kappa shape index (κ3) is 6.47. The summed E-state index contributed by atoms with van der Waals surface area (Å²) in [6, 6.07) is 1.81. The molecule has 0 aliphatic carbocycles. The Bertz CT molecular complexity index is 461. The highest BCUT2D eigenvalue weighted by Gasteiger charge is 2.13. The molecule has 1 atom stereocenters. The Kier molecular flexibility index (Phi) is 7.14. The molecule has 0 saturated carbocycles. The lowest BCUT2D eigenvalue weighted by Gasteiger charge is -2.18. The number of hydrogen-bond donors (Lipinski definition) is 2. The molecule has 1 heterocycles. The summed E-state index contributed by atoms with van der Waals surface area (Å²) in [6.07, 6.45) is 4.90. The summed E-state index contributed by atoms with van der Waals surface area (Å²) >= 11 is 0. The fourth-order valence-corrected chi connectivity index (χ4v) is 2.83. The summed E-state index contributed by atoms with van der Waals surface area (Å²) in [5.74, 6) is 0. The molecule has 0 saturated heterocycles. The molecular formula is C12H24N4O3S. The maximum atomic E-state index is 11.4. The van der Waals surface area contributed by atoms with E-state index in [2.05, 4.69) is 10.4 Å². The Morgan fingerprint density at radius 1 is 1.50 bits per heavy atom. The summed E-state index contributed by atoms with van der Waals surface area (Å²) in [5, 5.41) is 16.9. The van der Waals surface area contributed by atoms with Crippen LogP contribution in [-0.4, -0.2) is 66.1 Å². The fraction of sp³-hybridized carbons (Fsp3) is 0.750. The molecule has 116 valence electrons. The second-order valence-electron chi connectivity index (χ2n) is 4.69. The topological polar surface area (TPSA) is 87.5 Å². The van der Waals surface area contributed by atoms with E-state index in [4.69, 9.17) is 0 Å². The zero-order valence-corrected chi connectivity index (χ0v) is 12.9. The van der Waals surface area contributed by atoms with Crippen LogP contribution in [0.2, 0.25) is 0 Å². The molecule has 0 aliphatic heterocycles. The number of aliphatic hydroxyl groups excluding tert-OH is 1. The fourth-order valence-electron chi connectivity index (χ4n) is 1.90. The number of hydrogen-bond acceptors (Lipinski definition) is 5. The summed E-state index contributed by atoms with van der Waals surface area (Å²) in [6.45, 7) is 4.39. The maximum absolute atomic E-state index is 11.4. The number of aromatic nitrogens is 2. The van der Waals surface area contributed by atoms with Crippen molar-refractivity contribution in [1.29, 1.82) is 0 Å². The summed E-state index contributed by atoms with van der Waals surface area (Å²) in [4.78, 5) is 0. The van der Waals surface area contributed by atoms with Crippen molar-refractivity contribution in [2.45, 2.75) is 26.0 Å². The van der Waals surface area contributed by atoms with E-state index in [9.17, 15) is 13.5 Å². The van der Waals surface area contributed by atoms with Gasteiger partial charge in [0.2, 0.25) is 10.0 Å². The molecule has 1 rings (SSSR count). The van der Waals surface area contributed by atoms with E-state index in [1.54, 1.807) is 17.1 Å². The standard InChI is InChI=1S/C12H24N4O3S/c1-3-16(20(2,18)19)9-4-6-13-10-12(17)11-15-8-5-7-14-15/h5,7-8,12-13,17H,3-4,6,9-11H2,1-2H3. The second kappa shape index (κ2) is 8.35. The van der Waals surface area contributed by atoms with E-state index in [1.165, 1.54) is 10.6 Å². The van der Waals surface area contributed by atoms with Crippen LogP contribution >= 0.6 is 0 Å². The molecule has 0 amide bonds. The number of aliphatic hydroxyl groups is 1. The molecule has 20 heavy (non-hydrogen) atoms. The average molecular weight is 304 g/mol. The van der Waals surface area contributed by atoms with Crippen molar-refractivity contribution in [3.63, 3.8) is 0 Å². The minimum Gasteiger partial charge on any atom is -0.390 e. The average Bonchev–Trinajstić information content (AvgIpc) is 2.84. The van der Waals surface area contributed by atoms with Gasteiger partial charge in [-0.25, -0.2) is 12.7 Å². The first-order valence-corrected chi connectivity index (χ1v) is 8.59. The molecule has 0 radical (unpaired) electrons. The van der Waals surface area contributed by atoms with E-state index in [1.807, 2.05) is 13.0 Å². The lowest BCUT2D eigenvalue weighted by atomic mass is 10.3. The van der Waals surface area contributed by atoms with E-state index in [0.29, 0.717) is 32.7 Å². The molecule has 1 aromatic rings. The predicted molar refractivity (Wildman–Crippen MR) is 77.8 cm³/mol. The Morgan fingerprint density at radius 3 is 2.80 bits per heavy atom. The number of nitrogens with one attached hydrogen (secondary N) is 1. The van der Waals surface area contributed by atoms with Gasteiger partial charge >= 0.3 is 0 Å². The van der Waals surface area contributed by atoms with Crippen LogP contribution in [0.25, 0.3) is 0 Å². The Balaban J connectivity index is 2.12. The van der Waals surface area contributed by atoms with Gasteiger partial charge in [0.15, 0.2) is 0 Å². The first kappa shape index (κ1) is 17.1. The number of nitrogens with zero attached hydrogens (tertiary/aromatic N) is 3. The summed E-state index contributed by atoms with van der Waals surface area (Å²) < 4.78 is 25.9. The Hall–Kier alpha value is -0.960. The first-order valence-electron chi connectivity index (χ1n) is 6.74. The predicted octanol–water partition coefficient (Wildman–Crippen LogP) is -0.495. The lowest BCUT2D eigenvalue weighted by molar-refractivity contribution is 0.147. The highest BCUT2D eigenvalue weighted by atomic mass is 32.2. The van der Waals surface area contributed by atoms with Crippen molar-refractivity contribution in [2.75, 3.05) is 32.4 Å². The van der Waals surface area contributed by atoms with Crippen LogP contribution in [-0.2, 0) is 16.6 Å². The summed E-state index contributed by atoms with van der Waals surface area (Å²) in [5.41, 5.74) is 0. The van der Waals surface area contributed by atoms with Crippen LogP contribution in [0.1, 0.15) is 13.3 Å². The zero-order valence-electron chi connectivity index (χ0n) is 12.1. The second-order valence-corrected chi connectivity index (χ2v) is 6.68. The van der Waals surface area contributed by atoms with Crippen molar-refractivity contribution >= 4 is 10.0 Å². The van der Waals surface area contributed by atoms with Gasteiger partial charge in [-0.05, 0) is 19.0 Å². The van der Waals surface area contributed by atoms with Crippen LogP contribution < -0.4 is 5.32 Å². The smallest absolute Gasteiger partial charge is 0.211 e. The van der Waals surface area contributed by atoms with Crippen molar-refractivity contribution in [1.82, 2.24) is 19.4 Å². The van der Waals surface area contributed by atoms with Crippen LogP contribution in [0, 0.1) is 0 Å². The van der Waals surface area contributed by atoms with Gasteiger partial charge in [0.1, 0.15) is 0 Å². The van der Waals surface area contributed by atoms with Crippen LogP contribution in [0.3, 0.4) is 0 Å². The van der Waals surface area contributed by atoms with Crippen LogP contribution in [0.4, 0.5) is 0 Å². The van der Waals surface area contributed by atoms with E-state index >= 15 is 0 Å². The first-order chi connectivity index (χ1) is 9.43. The van der Waals surface area contributed by atoms with Crippen molar-refractivity contribution in [3.8, 4) is 0 Å². The van der Waals surface area contributed by atoms with Gasteiger partial charge < -0.3 is 10.4 Å². The monoisotopic (exact) mass is 304 g/mol. The van der Waals surface area contributed by atoms with E-state index in [0.717, 1.165) is 6.42 Å². The molecule has 0 bridgehead atoms. The largest absolute Gasteiger partial charge is 0.390 e. The SMILES string of the molecule is CCN(CCCNCC(O)Cn1cccn1)S(C)(=O)=O. The molecular weight excluding hydrogens is 280 g/mol. The third-order valence-electron chi connectivity index (χ3n) is 2.92. The molecule has 0 spiro atoms. The third-order valence-corrected chi connectivity index (χ3v) is 4.30. The summed E-state index contributed by atoms with van der Waals surface area (Å²) in [7, 11) is -3.11. The van der Waals surface area contributed by atoms with Crippen molar-refractivity contribution in [2.24, 2.45) is 0 Å². The molecule has 2 N–H and O–H groups in total. The van der Waals surface area contributed by atoms with Gasteiger partial charge in [0, 0.05) is 32.0 Å². The Morgan fingerprint density at radius 2 is 2.25 bits per heavy atom. The van der Waals surface area contributed by atoms with Crippen LogP contribution in [0.5, 0.6) is 0 Å². The van der Waals surface area contributed by atoms with E-state index < -0.39 is 16.1 Å². The van der Waals surface area contributed by atoms with Crippen molar-refractivity contribution in [3.05, 3.63) is 18.5 Å². The van der Waals surface area contributed by atoms with Gasteiger partial charge in [-0.2, -0.15) is 5.10 Å². The highest BCUT2D eigenvalue weighted by Crippen LogP contribution is 1.98. The number of sulfonamides is 1. The van der Waals surface area contributed by atoms with Gasteiger partial charge in [-0.3, -0.25) is 4.68 Å². The van der Waals surface area contributed by atoms with Gasteiger partial charge in [-0.1, -0.05) is 6.92 Å². The highest BCUT2D eigenvalue weighted by molar-refractivity contribution is 7.88. The maximum Gasteiger partial charge on any atom is 0.211 e. The van der Waals surface area contributed by atoms with Crippen molar-refractivity contribution < 1.29 is 13.5 Å². The minimum absolute atomic E-state index is 0.449. The van der Waals surface area contributed by atoms with E-state index in [-0.39, 0.29) is 0 Å². The van der Waals surface area contributed by atoms with Gasteiger partial charge in [0.25, 0.3) is 0 Å².